The summed E-state index contributed by atoms with van der Waals surface area (Å²) in [4.78, 5) is 11.1. The van der Waals surface area contributed by atoms with Crippen LogP contribution in [0.2, 0.25) is 0 Å². The molecule has 6 nitrogen and oxygen atoms in total. The number of nitrogens with zero attached hydrogens (tertiary/aromatic N) is 5. The Hall–Kier alpha value is -2.94. The normalized spacial score (nSPS) is 17.8. The van der Waals surface area contributed by atoms with E-state index in [1.807, 2.05) is 6.07 Å². The summed E-state index contributed by atoms with van der Waals surface area (Å²) >= 11 is 0. The molecular formula is C18H18N6. The van der Waals surface area contributed by atoms with Crippen molar-refractivity contribution >= 4 is 16.6 Å². The van der Waals surface area contributed by atoms with Crippen LogP contribution in [-0.4, -0.2) is 33.3 Å². The minimum absolute atomic E-state index is 0.306. The Balaban J connectivity index is 1.80. The van der Waals surface area contributed by atoms with Gasteiger partial charge in [-0.15, -0.1) is 0 Å². The number of H-pyrrole nitrogens is 1. The van der Waals surface area contributed by atoms with Crippen LogP contribution in [0.1, 0.15) is 35.7 Å². The van der Waals surface area contributed by atoms with Crippen molar-refractivity contribution in [2.75, 3.05) is 18.0 Å². The first-order valence-corrected chi connectivity index (χ1v) is 8.16. The van der Waals surface area contributed by atoms with Crippen LogP contribution in [0.15, 0.2) is 30.7 Å². The number of hydrogen-bond donors (Lipinski definition) is 1. The number of benzene rings is 1. The number of piperidine rings is 1. The van der Waals surface area contributed by atoms with Gasteiger partial charge in [0.2, 0.25) is 0 Å². The van der Waals surface area contributed by atoms with Crippen molar-refractivity contribution in [3.63, 3.8) is 0 Å². The topological polar surface area (TPSA) is 81.5 Å². The summed E-state index contributed by atoms with van der Waals surface area (Å²) < 4.78 is 0. The van der Waals surface area contributed by atoms with Crippen molar-refractivity contribution in [2.24, 2.45) is 0 Å². The van der Waals surface area contributed by atoms with Crippen LogP contribution in [0.25, 0.3) is 10.9 Å². The molecule has 1 atom stereocenters. The highest BCUT2D eigenvalue weighted by Gasteiger charge is 2.26. The highest BCUT2D eigenvalue weighted by Crippen LogP contribution is 2.34. The van der Waals surface area contributed by atoms with Gasteiger partial charge in [0.05, 0.1) is 16.8 Å². The van der Waals surface area contributed by atoms with Gasteiger partial charge in [-0.25, -0.2) is 4.98 Å². The summed E-state index contributed by atoms with van der Waals surface area (Å²) in [7, 11) is 0. The molecule has 120 valence electrons. The van der Waals surface area contributed by atoms with Gasteiger partial charge in [-0.05, 0) is 31.9 Å². The fourth-order valence-electron chi connectivity index (χ4n) is 3.53. The molecule has 1 aromatic carbocycles. The molecule has 0 radical (unpaired) electrons. The molecular weight excluding hydrogens is 300 g/mol. The molecule has 2 aromatic heterocycles. The molecule has 0 aliphatic carbocycles. The van der Waals surface area contributed by atoms with E-state index in [0.29, 0.717) is 11.5 Å². The number of aromatic nitrogens is 4. The Morgan fingerprint density at radius 2 is 2.25 bits per heavy atom. The van der Waals surface area contributed by atoms with Gasteiger partial charge in [0.25, 0.3) is 0 Å². The van der Waals surface area contributed by atoms with E-state index in [2.05, 4.69) is 50.2 Å². The Kier molecular flexibility index (Phi) is 3.62. The quantitative estimate of drug-likeness (QED) is 0.785. The van der Waals surface area contributed by atoms with E-state index in [-0.39, 0.29) is 0 Å². The Bertz CT molecular complexity index is 909. The number of hydrogen-bond acceptors (Lipinski definition) is 5. The molecule has 1 unspecified atom stereocenters. The van der Waals surface area contributed by atoms with Gasteiger partial charge in [0, 0.05) is 30.6 Å². The third-order valence-electron chi connectivity index (χ3n) is 4.67. The van der Waals surface area contributed by atoms with E-state index in [1.54, 1.807) is 12.5 Å². The highest BCUT2D eigenvalue weighted by atomic mass is 15.2. The summed E-state index contributed by atoms with van der Waals surface area (Å²) in [5, 5.41) is 17.6. The maximum Gasteiger partial charge on any atom is 0.137 e. The molecule has 4 rings (SSSR count). The number of aryl methyl sites for hydroxylation is 1. The number of anilines is 1. The zero-order chi connectivity index (χ0) is 16.5. The van der Waals surface area contributed by atoms with Crippen LogP contribution in [0.4, 0.5) is 5.69 Å². The predicted octanol–water partition coefficient (Wildman–Crippen LogP) is 2.92. The highest BCUT2D eigenvalue weighted by molar-refractivity contribution is 5.95. The fourth-order valence-corrected chi connectivity index (χ4v) is 3.53. The molecule has 3 heterocycles. The maximum absolute atomic E-state index is 9.58. The first kappa shape index (κ1) is 14.6. The number of fused-ring (bicyclic) bond motifs is 1. The van der Waals surface area contributed by atoms with Gasteiger partial charge < -0.3 is 4.90 Å². The van der Waals surface area contributed by atoms with Gasteiger partial charge in [-0.2, -0.15) is 10.4 Å². The Morgan fingerprint density at radius 3 is 3.04 bits per heavy atom. The van der Waals surface area contributed by atoms with Crippen molar-refractivity contribution in [1.82, 2.24) is 20.2 Å². The van der Waals surface area contributed by atoms with E-state index in [0.717, 1.165) is 48.3 Å². The lowest BCUT2D eigenvalue weighted by atomic mass is 9.95. The molecule has 1 aliphatic heterocycles. The average molecular weight is 318 g/mol. The second-order valence-corrected chi connectivity index (χ2v) is 6.31. The minimum Gasteiger partial charge on any atom is -0.369 e. The van der Waals surface area contributed by atoms with E-state index in [1.165, 1.54) is 5.56 Å². The second kappa shape index (κ2) is 5.93. The third-order valence-corrected chi connectivity index (χ3v) is 4.67. The number of pyridine rings is 1. The molecule has 24 heavy (non-hydrogen) atoms. The average Bonchev–Trinajstić information content (AvgIpc) is 3.15. The lowest BCUT2D eigenvalue weighted by Crippen LogP contribution is -2.35. The van der Waals surface area contributed by atoms with Gasteiger partial charge in [0.1, 0.15) is 18.2 Å². The number of aromatic amines is 1. The van der Waals surface area contributed by atoms with Gasteiger partial charge >= 0.3 is 0 Å². The smallest absolute Gasteiger partial charge is 0.137 e. The van der Waals surface area contributed by atoms with Crippen LogP contribution in [0, 0.1) is 18.3 Å². The molecule has 1 N–H and O–H groups in total. The van der Waals surface area contributed by atoms with Crippen LogP contribution < -0.4 is 4.90 Å². The Labute approximate surface area is 140 Å². The van der Waals surface area contributed by atoms with Crippen molar-refractivity contribution in [3.05, 3.63) is 47.7 Å². The van der Waals surface area contributed by atoms with E-state index >= 15 is 0 Å². The molecule has 0 spiro atoms. The summed E-state index contributed by atoms with van der Waals surface area (Å²) in [5.74, 6) is 1.23. The van der Waals surface area contributed by atoms with E-state index < -0.39 is 0 Å². The third kappa shape index (κ3) is 2.48. The summed E-state index contributed by atoms with van der Waals surface area (Å²) in [6, 6.07) is 8.51. The standard InChI is InChI=1S/C18H18N6/c1-12-4-5-16-15(7-12)17(14(8-19)9-20-16)24-6-2-3-13(10-24)18-21-11-22-23-18/h4-5,7,9,11,13H,2-3,6,10H2,1H3,(H,21,22,23). The van der Waals surface area contributed by atoms with Crippen molar-refractivity contribution in [2.45, 2.75) is 25.7 Å². The van der Waals surface area contributed by atoms with Crippen molar-refractivity contribution in [3.8, 4) is 6.07 Å². The molecule has 1 fully saturated rings. The molecule has 0 saturated carbocycles. The Morgan fingerprint density at radius 1 is 1.33 bits per heavy atom. The predicted molar refractivity (Wildman–Crippen MR) is 91.8 cm³/mol. The molecule has 6 heteroatoms. The summed E-state index contributed by atoms with van der Waals surface area (Å²) in [6.45, 7) is 3.83. The summed E-state index contributed by atoms with van der Waals surface area (Å²) in [6.07, 6.45) is 5.38. The minimum atomic E-state index is 0.306. The number of rotatable bonds is 2. The molecule has 3 aromatic rings. The van der Waals surface area contributed by atoms with Crippen molar-refractivity contribution in [1.29, 1.82) is 5.26 Å². The zero-order valence-electron chi connectivity index (χ0n) is 13.5. The van der Waals surface area contributed by atoms with E-state index in [4.69, 9.17) is 0 Å². The molecule has 0 amide bonds. The second-order valence-electron chi connectivity index (χ2n) is 6.31. The first-order chi connectivity index (χ1) is 11.8. The number of nitrogens with one attached hydrogen (secondary N) is 1. The summed E-state index contributed by atoms with van der Waals surface area (Å²) in [5.41, 5.74) is 3.72. The van der Waals surface area contributed by atoms with E-state index in [9.17, 15) is 5.26 Å². The van der Waals surface area contributed by atoms with Crippen LogP contribution in [0.3, 0.4) is 0 Å². The van der Waals surface area contributed by atoms with Gasteiger partial charge in [-0.1, -0.05) is 11.6 Å². The molecule has 1 saturated heterocycles. The zero-order valence-corrected chi connectivity index (χ0v) is 13.5. The van der Waals surface area contributed by atoms with Gasteiger partial charge in [-0.3, -0.25) is 10.1 Å². The number of nitriles is 1. The van der Waals surface area contributed by atoms with Crippen molar-refractivity contribution < 1.29 is 0 Å². The molecule has 1 aliphatic rings. The monoisotopic (exact) mass is 318 g/mol. The fraction of sp³-hybridized carbons (Fsp3) is 0.333. The lowest BCUT2D eigenvalue weighted by molar-refractivity contribution is 0.493. The lowest BCUT2D eigenvalue weighted by Gasteiger charge is -2.34. The molecule has 0 bridgehead atoms. The van der Waals surface area contributed by atoms with Crippen LogP contribution in [-0.2, 0) is 0 Å². The first-order valence-electron chi connectivity index (χ1n) is 8.16. The largest absolute Gasteiger partial charge is 0.369 e. The maximum atomic E-state index is 9.58. The van der Waals surface area contributed by atoms with Gasteiger partial charge in [0.15, 0.2) is 0 Å². The van der Waals surface area contributed by atoms with Crippen LogP contribution in [0.5, 0.6) is 0 Å². The SMILES string of the molecule is Cc1ccc2ncc(C#N)c(N3CCCC(c4ncn[nH]4)C3)c2c1. The van der Waals surface area contributed by atoms with Crippen LogP contribution >= 0.6 is 0 Å².